The molecule has 21 heavy (non-hydrogen) atoms. The minimum absolute atomic E-state index is 0.252. The molecule has 0 aliphatic rings. The Balaban J connectivity index is 2.09. The van der Waals surface area contributed by atoms with Gasteiger partial charge in [-0.05, 0) is 31.5 Å². The number of halogens is 1. The lowest BCUT2D eigenvalue weighted by Gasteiger charge is -2.17. The molecule has 2 rings (SSSR count). The smallest absolute Gasteiger partial charge is 0.129 e. The van der Waals surface area contributed by atoms with Gasteiger partial charge in [0, 0.05) is 11.6 Å². The van der Waals surface area contributed by atoms with Crippen molar-refractivity contribution in [2.24, 2.45) is 5.73 Å². The van der Waals surface area contributed by atoms with Crippen LogP contribution in [0.15, 0.2) is 36.4 Å². The van der Waals surface area contributed by atoms with Gasteiger partial charge in [-0.25, -0.2) is 4.39 Å². The lowest BCUT2D eigenvalue weighted by Crippen LogP contribution is -2.20. The summed E-state index contributed by atoms with van der Waals surface area (Å²) in [6, 6.07) is 10.3. The molecule has 0 heterocycles. The average molecular weight is 289 g/mol. The molecule has 2 N–H and O–H groups in total. The van der Waals surface area contributed by atoms with Crippen molar-refractivity contribution >= 4 is 0 Å². The summed E-state index contributed by atoms with van der Waals surface area (Å²) in [6.07, 6.45) is 0. The number of hydrogen-bond donors (Lipinski definition) is 1. The molecule has 0 fully saturated rings. The quantitative estimate of drug-likeness (QED) is 0.915. The lowest BCUT2D eigenvalue weighted by molar-refractivity contribution is 0.285. The highest BCUT2D eigenvalue weighted by Crippen LogP contribution is 2.26. The Bertz CT molecular complexity index is 628. The summed E-state index contributed by atoms with van der Waals surface area (Å²) in [4.78, 5) is 0. The predicted octanol–water partition coefficient (Wildman–Crippen LogP) is 3.53. The lowest BCUT2D eigenvalue weighted by atomic mass is 10.0. The number of nitrogens with two attached hydrogens (primary N) is 1. The number of ether oxygens (including phenoxy) is 2. The van der Waals surface area contributed by atoms with Crippen LogP contribution in [0.25, 0.3) is 0 Å². The van der Waals surface area contributed by atoms with Gasteiger partial charge in [-0.1, -0.05) is 23.8 Å². The fourth-order valence-electron chi connectivity index (χ4n) is 2.08. The molecule has 2 aromatic carbocycles. The monoisotopic (exact) mass is 289 g/mol. The Morgan fingerprint density at radius 2 is 1.90 bits per heavy atom. The van der Waals surface area contributed by atoms with Gasteiger partial charge in [-0.15, -0.1) is 0 Å². The van der Waals surface area contributed by atoms with Crippen molar-refractivity contribution in [3.8, 4) is 11.5 Å². The second kappa shape index (κ2) is 6.59. The van der Waals surface area contributed by atoms with Gasteiger partial charge in [0.15, 0.2) is 0 Å². The fraction of sp³-hybridized carbons (Fsp3) is 0.294. The first-order valence-corrected chi connectivity index (χ1v) is 6.80. The first-order valence-electron chi connectivity index (χ1n) is 6.80. The Morgan fingerprint density at radius 3 is 2.57 bits per heavy atom. The molecule has 1 atom stereocenters. The molecule has 0 aliphatic carbocycles. The maximum absolute atomic E-state index is 13.5. The summed E-state index contributed by atoms with van der Waals surface area (Å²) < 4.78 is 24.4. The Kier molecular flexibility index (Phi) is 4.81. The van der Waals surface area contributed by atoms with Gasteiger partial charge in [0.1, 0.15) is 23.9 Å². The molecule has 0 radical (unpaired) electrons. The maximum atomic E-state index is 13.5. The van der Waals surface area contributed by atoms with Crippen molar-refractivity contribution < 1.29 is 13.9 Å². The molecule has 0 aliphatic heterocycles. The van der Waals surface area contributed by atoms with E-state index in [0.717, 1.165) is 16.9 Å². The Morgan fingerprint density at radius 1 is 1.14 bits per heavy atom. The van der Waals surface area contributed by atoms with E-state index in [9.17, 15) is 4.39 Å². The molecule has 1 unspecified atom stereocenters. The van der Waals surface area contributed by atoms with Crippen molar-refractivity contribution in [2.45, 2.75) is 19.9 Å². The van der Waals surface area contributed by atoms with E-state index in [1.54, 1.807) is 26.2 Å². The van der Waals surface area contributed by atoms with E-state index in [2.05, 4.69) is 0 Å². The minimum Gasteiger partial charge on any atom is -0.496 e. The van der Waals surface area contributed by atoms with Crippen LogP contribution in [0.3, 0.4) is 0 Å². The van der Waals surface area contributed by atoms with E-state index in [-0.39, 0.29) is 18.5 Å². The summed E-state index contributed by atoms with van der Waals surface area (Å²) in [5, 5.41) is 0. The van der Waals surface area contributed by atoms with Crippen LogP contribution in [0.1, 0.15) is 22.7 Å². The molecular formula is C17H20FNO2. The Labute approximate surface area is 124 Å². The van der Waals surface area contributed by atoms with Gasteiger partial charge in [0.25, 0.3) is 0 Å². The summed E-state index contributed by atoms with van der Waals surface area (Å²) in [6.45, 7) is 3.95. The number of methoxy groups -OCH3 is 1. The normalized spacial score (nSPS) is 12.0. The summed E-state index contributed by atoms with van der Waals surface area (Å²) in [5.74, 6) is 0.918. The maximum Gasteiger partial charge on any atom is 0.129 e. The van der Waals surface area contributed by atoms with Crippen molar-refractivity contribution in [1.29, 1.82) is 0 Å². The van der Waals surface area contributed by atoms with E-state index in [0.29, 0.717) is 11.3 Å². The standard InChI is InChI=1S/C17H20FNO2/c1-11-4-7-17(20-3)14(8-11)16(19)10-21-13-6-5-12(2)15(18)9-13/h4-9,16H,10,19H2,1-3H3. The molecule has 0 amide bonds. The zero-order chi connectivity index (χ0) is 15.4. The predicted molar refractivity (Wildman–Crippen MR) is 81.3 cm³/mol. The van der Waals surface area contributed by atoms with Crippen molar-refractivity contribution in [1.82, 2.24) is 0 Å². The van der Waals surface area contributed by atoms with Gasteiger partial charge >= 0.3 is 0 Å². The molecule has 3 nitrogen and oxygen atoms in total. The highest BCUT2D eigenvalue weighted by molar-refractivity contribution is 5.39. The Hall–Kier alpha value is -2.07. The molecule has 0 saturated heterocycles. The molecule has 4 heteroatoms. The van der Waals surface area contributed by atoms with Gasteiger partial charge in [0.2, 0.25) is 0 Å². The fourth-order valence-corrected chi connectivity index (χ4v) is 2.08. The van der Waals surface area contributed by atoms with Crippen molar-refractivity contribution in [2.75, 3.05) is 13.7 Å². The average Bonchev–Trinajstić information content (AvgIpc) is 2.48. The van der Waals surface area contributed by atoms with E-state index in [1.807, 2.05) is 25.1 Å². The van der Waals surface area contributed by atoms with Crippen LogP contribution < -0.4 is 15.2 Å². The third-order valence-electron chi connectivity index (χ3n) is 3.36. The highest BCUT2D eigenvalue weighted by Gasteiger charge is 2.13. The van der Waals surface area contributed by atoms with Gasteiger partial charge < -0.3 is 15.2 Å². The molecule has 0 bridgehead atoms. The topological polar surface area (TPSA) is 44.5 Å². The van der Waals surface area contributed by atoms with Crippen LogP contribution in [0.2, 0.25) is 0 Å². The zero-order valence-corrected chi connectivity index (χ0v) is 12.5. The number of rotatable bonds is 5. The third kappa shape index (κ3) is 3.73. The van der Waals surface area contributed by atoms with Crippen LogP contribution in [0.4, 0.5) is 4.39 Å². The van der Waals surface area contributed by atoms with Gasteiger partial charge in [0.05, 0.1) is 13.2 Å². The van der Waals surface area contributed by atoms with E-state index in [1.165, 1.54) is 6.07 Å². The third-order valence-corrected chi connectivity index (χ3v) is 3.36. The highest BCUT2D eigenvalue weighted by atomic mass is 19.1. The minimum atomic E-state index is -0.343. The first-order chi connectivity index (χ1) is 10.0. The first kappa shape index (κ1) is 15.3. The van der Waals surface area contributed by atoms with E-state index >= 15 is 0 Å². The second-order valence-electron chi connectivity index (χ2n) is 5.07. The molecule has 0 saturated carbocycles. The summed E-state index contributed by atoms with van der Waals surface area (Å²) in [5.41, 5.74) is 8.73. The van der Waals surface area contributed by atoms with Crippen molar-refractivity contribution in [3.63, 3.8) is 0 Å². The van der Waals surface area contributed by atoms with Crippen LogP contribution in [-0.4, -0.2) is 13.7 Å². The second-order valence-corrected chi connectivity index (χ2v) is 5.07. The SMILES string of the molecule is COc1ccc(C)cc1C(N)COc1ccc(C)c(F)c1. The number of benzene rings is 2. The van der Waals surface area contributed by atoms with Crippen LogP contribution in [0.5, 0.6) is 11.5 Å². The molecule has 112 valence electrons. The van der Waals surface area contributed by atoms with E-state index < -0.39 is 0 Å². The number of aryl methyl sites for hydroxylation is 2. The molecule has 0 aromatic heterocycles. The van der Waals surface area contributed by atoms with Crippen molar-refractivity contribution in [3.05, 3.63) is 58.9 Å². The summed E-state index contributed by atoms with van der Waals surface area (Å²) in [7, 11) is 1.61. The molecular weight excluding hydrogens is 269 g/mol. The molecule has 0 spiro atoms. The summed E-state index contributed by atoms with van der Waals surface area (Å²) >= 11 is 0. The van der Waals surface area contributed by atoms with Crippen LogP contribution >= 0.6 is 0 Å². The van der Waals surface area contributed by atoms with Crippen LogP contribution in [-0.2, 0) is 0 Å². The van der Waals surface area contributed by atoms with E-state index in [4.69, 9.17) is 15.2 Å². The van der Waals surface area contributed by atoms with Gasteiger partial charge in [-0.2, -0.15) is 0 Å². The molecule has 2 aromatic rings. The van der Waals surface area contributed by atoms with Crippen LogP contribution in [0, 0.1) is 19.7 Å². The largest absolute Gasteiger partial charge is 0.496 e. The number of hydrogen-bond acceptors (Lipinski definition) is 3. The zero-order valence-electron chi connectivity index (χ0n) is 12.5. The van der Waals surface area contributed by atoms with Gasteiger partial charge in [-0.3, -0.25) is 0 Å².